The molecule has 3 rings (SSSR count). The number of nitrogens with two attached hydrogens (primary N) is 1. The van der Waals surface area contributed by atoms with Crippen LogP contribution < -0.4 is 11.3 Å². The van der Waals surface area contributed by atoms with E-state index in [1.54, 1.807) is 4.90 Å². The molecule has 0 aromatic heterocycles. The van der Waals surface area contributed by atoms with Gasteiger partial charge in [-0.2, -0.15) is 0 Å². The Morgan fingerprint density at radius 3 is 2.52 bits per heavy atom. The number of hydrazine groups is 1. The van der Waals surface area contributed by atoms with Gasteiger partial charge in [0.2, 0.25) is 0 Å². The largest absolute Gasteiger partial charge is 0.393 e. The van der Waals surface area contributed by atoms with Crippen LogP contribution in [0.15, 0.2) is 12.1 Å². The lowest BCUT2D eigenvalue weighted by Crippen LogP contribution is -2.31. The van der Waals surface area contributed by atoms with E-state index in [0.717, 1.165) is 25.0 Å². The Bertz CT molecular complexity index is 558. The molecule has 1 aromatic rings. The van der Waals surface area contributed by atoms with E-state index in [2.05, 4.69) is 0 Å². The lowest BCUT2D eigenvalue weighted by Gasteiger charge is -2.19. The van der Waals surface area contributed by atoms with Crippen LogP contribution in [0.4, 0.5) is 14.5 Å². The fraction of sp³-hybridized carbons (Fsp3) is 0.500. The third kappa shape index (κ3) is 2.36. The number of fused-ring (bicyclic) bond motifs is 1. The number of nitrogens with one attached hydrogen (secondary N) is 1. The molecule has 114 valence electrons. The molecule has 0 radical (unpaired) electrons. The molecule has 7 heteroatoms. The second-order valence-electron chi connectivity index (χ2n) is 5.74. The number of likely N-dealkylation sites (tertiary alicyclic amines) is 1. The lowest BCUT2D eigenvalue weighted by atomic mass is 10.00. The molecular weight excluding hydrogens is 280 g/mol. The van der Waals surface area contributed by atoms with Crippen LogP contribution in [-0.4, -0.2) is 35.1 Å². The lowest BCUT2D eigenvalue weighted by molar-refractivity contribution is 0.0751. The number of hydrogen-bond acceptors (Lipinski definition) is 4. The van der Waals surface area contributed by atoms with Gasteiger partial charge in [-0.1, -0.05) is 0 Å². The third-order valence-electron chi connectivity index (χ3n) is 4.54. The van der Waals surface area contributed by atoms with Crippen molar-refractivity contribution < 1.29 is 18.7 Å². The van der Waals surface area contributed by atoms with Crippen molar-refractivity contribution in [2.45, 2.75) is 18.9 Å². The molecule has 1 aliphatic carbocycles. The minimum Gasteiger partial charge on any atom is -0.393 e. The summed E-state index contributed by atoms with van der Waals surface area (Å²) in [5.74, 6) is 3.16. The number of aliphatic hydroxyl groups excluding tert-OH is 1. The molecule has 4 N–H and O–H groups in total. The zero-order chi connectivity index (χ0) is 15.1. The predicted octanol–water partition coefficient (Wildman–Crippen LogP) is 1.09. The van der Waals surface area contributed by atoms with E-state index in [4.69, 9.17) is 5.84 Å². The number of benzene rings is 1. The van der Waals surface area contributed by atoms with E-state index in [-0.39, 0.29) is 23.5 Å². The second kappa shape index (κ2) is 5.23. The number of nitrogen functional groups attached to an aromatic ring is 1. The Balaban J connectivity index is 1.80. The number of aliphatic hydroxyl groups is 1. The maximum Gasteiger partial charge on any atom is 0.254 e. The number of rotatable bonds is 2. The zero-order valence-electron chi connectivity index (χ0n) is 11.4. The summed E-state index contributed by atoms with van der Waals surface area (Å²) in [6.45, 7) is 0.964. The van der Waals surface area contributed by atoms with Gasteiger partial charge < -0.3 is 15.4 Å². The van der Waals surface area contributed by atoms with Crippen LogP contribution in [0.1, 0.15) is 23.2 Å². The molecule has 1 heterocycles. The van der Waals surface area contributed by atoms with Crippen molar-refractivity contribution in [3.05, 3.63) is 29.3 Å². The number of nitrogens with zero attached hydrogens (tertiary/aromatic N) is 1. The summed E-state index contributed by atoms with van der Waals surface area (Å²) in [7, 11) is 0. The molecule has 0 bridgehead atoms. The molecule has 3 unspecified atom stereocenters. The van der Waals surface area contributed by atoms with E-state index >= 15 is 0 Å². The van der Waals surface area contributed by atoms with Gasteiger partial charge in [0.15, 0.2) is 11.6 Å². The highest BCUT2D eigenvalue weighted by molar-refractivity contribution is 5.95. The summed E-state index contributed by atoms with van der Waals surface area (Å²) in [4.78, 5) is 13.9. The molecule has 1 aliphatic heterocycles. The number of carbonyl (C=O) groups excluding carboxylic acids is 1. The Labute approximate surface area is 120 Å². The van der Waals surface area contributed by atoms with Crippen molar-refractivity contribution in [1.82, 2.24) is 4.90 Å². The first-order chi connectivity index (χ1) is 10.0. The molecule has 5 nitrogen and oxygen atoms in total. The highest BCUT2D eigenvalue weighted by atomic mass is 19.1. The first-order valence-electron chi connectivity index (χ1n) is 6.94. The molecular formula is C14H17F2N3O2. The minimum atomic E-state index is -0.903. The Kier molecular flexibility index (Phi) is 3.54. The van der Waals surface area contributed by atoms with Gasteiger partial charge in [0.1, 0.15) is 5.69 Å². The fourth-order valence-electron chi connectivity index (χ4n) is 3.42. The van der Waals surface area contributed by atoms with Gasteiger partial charge in [0, 0.05) is 24.6 Å². The maximum atomic E-state index is 13.7. The first-order valence-corrected chi connectivity index (χ1v) is 6.94. The molecule has 2 fully saturated rings. The van der Waals surface area contributed by atoms with Gasteiger partial charge in [-0.15, -0.1) is 0 Å². The van der Waals surface area contributed by atoms with E-state index in [0.29, 0.717) is 13.1 Å². The highest BCUT2D eigenvalue weighted by Gasteiger charge is 2.43. The molecule has 0 spiro atoms. The number of anilines is 1. The number of amides is 1. The van der Waals surface area contributed by atoms with Crippen molar-refractivity contribution in [2.75, 3.05) is 18.5 Å². The van der Waals surface area contributed by atoms with Crippen LogP contribution in [0.3, 0.4) is 0 Å². The van der Waals surface area contributed by atoms with Crippen LogP contribution in [0.25, 0.3) is 0 Å². The highest BCUT2D eigenvalue weighted by Crippen LogP contribution is 2.38. The number of hydrogen-bond donors (Lipinski definition) is 3. The van der Waals surface area contributed by atoms with Crippen molar-refractivity contribution >= 4 is 11.6 Å². The van der Waals surface area contributed by atoms with Gasteiger partial charge in [-0.05, 0) is 30.9 Å². The smallest absolute Gasteiger partial charge is 0.254 e. The van der Waals surface area contributed by atoms with E-state index in [1.165, 1.54) is 0 Å². The summed E-state index contributed by atoms with van der Waals surface area (Å²) in [6, 6.07) is 1.95. The summed E-state index contributed by atoms with van der Waals surface area (Å²) in [5, 5.41) is 9.85. The van der Waals surface area contributed by atoms with Gasteiger partial charge in [-0.3, -0.25) is 10.6 Å². The third-order valence-corrected chi connectivity index (χ3v) is 4.54. The topological polar surface area (TPSA) is 78.6 Å². The minimum absolute atomic E-state index is 0.0431. The van der Waals surface area contributed by atoms with Gasteiger partial charge in [0.05, 0.1) is 6.10 Å². The SMILES string of the molecule is NNc1c(F)cc(C(=O)N2CC3CCC(O)C3C2)cc1F. The van der Waals surface area contributed by atoms with Crippen LogP contribution in [-0.2, 0) is 0 Å². The van der Waals surface area contributed by atoms with E-state index < -0.39 is 23.2 Å². The average Bonchev–Trinajstić information content (AvgIpc) is 3.00. The number of halogens is 2. The van der Waals surface area contributed by atoms with Gasteiger partial charge in [-0.25, -0.2) is 8.78 Å². The second-order valence-corrected chi connectivity index (χ2v) is 5.74. The molecule has 1 aromatic carbocycles. The summed E-state index contributed by atoms with van der Waals surface area (Å²) >= 11 is 0. The van der Waals surface area contributed by atoms with E-state index in [1.807, 2.05) is 5.43 Å². The summed E-state index contributed by atoms with van der Waals surface area (Å²) < 4.78 is 27.3. The normalized spacial score (nSPS) is 27.8. The molecule has 1 saturated carbocycles. The van der Waals surface area contributed by atoms with E-state index in [9.17, 15) is 18.7 Å². The zero-order valence-corrected chi connectivity index (χ0v) is 11.4. The molecule has 1 amide bonds. The Hall–Kier alpha value is -1.73. The number of carbonyl (C=O) groups is 1. The average molecular weight is 297 g/mol. The maximum absolute atomic E-state index is 13.7. The fourth-order valence-corrected chi connectivity index (χ4v) is 3.42. The van der Waals surface area contributed by atoms with Crippen LogP contribution in [0.5, 0.6) is 0 Å². The summed E-state index contributed by atoms with van der Waals surface area (Å²) in [5.41, 5.74) is 1.43. The predicted molar refractivity (Wildman–Crippen MR) is 72.3 cm³/mol. The van der Waals surface area contributed by atoms with Crippen LogP contribution >= 0.6 is 0 Å². The Morgan fingerprint density at radius 1 is 1.29 bits per heavy atom. The molecule has 21 heavy (non-hydrogen) atoms. The standard InChI is InChI=1S/C14H17F2N3O2/c15-10-3-8(4-11(16)13(10)18-17)14(21)19-5-7-1-2-12(20)9(7)6-19/h3-4,7,9,12,18,20H,1-2,5-6,17H2. The van der Waals surface area contributed by atoms with Crippen molar-refractivity contribution in [1.29, 1.82) is 0 Å². The molecule has 2 aliphatic rings. The molecule has 1 saturated heterocycles. The van der Waals surface area contributed by atoms with Crippen LogP contribution in [0.2, 0.25) is 0 Å². The quantitative estimate of drug-likeness (QED) is 0.564. The first kappa shape index (κ1) is 14.2. The van der Waals surface area contributed by atoms with Gasteiger partial charge in [0.25, 0.3) is 5.91 Å². The molecule has 3 atom stereocenters. The van der Waals surface area contributed by atoms with Crippen molar-refractivity contribution in [2.24, 2.45) is 17.7 Å². The van der Waals surface area contributed by atoms with Crippen LogP contribution in [0, 0.1) is 23.5 Å². The Morgan fingerprint density at radius 2 is 1.95 bits per heavy atom. The van der Waals surface area contributed by atoms with Crippen molar-refractivity contribution in [3.8, 4) is 0 Å². The van der Waals surface area contributed by atoms with Crippen molar-refractivity contribution in [3.63, 3.8) is 0 Å². The van der Waals surface area contributed by atoms with Gasteiger partial charge >= 0.3 is 0 Å². The monoisotopic (exact) mass is 297 g/mol. The summed E-state index contributed by atoms with van der Waals surface area (Å²) in [6.07, 6.45) is 1.26.